The number of amides is 1. The van der Waals surface area contributed by atoms with Gasteiger partial charge in [0.1, 0.15) is 6.04 Å². The van der Waals surface area contributed by atoms with E-state index in [0.717, 1.165) is 28.7 Å². The number of carbonyl (C=O) groups excluding carboxylic acids is 1. The topological polar surface area (TPSA) is 56.4 Å². The summed E-state index contributed by atoms with van der Waals surface area (Å²) >= 11 is 0. The number of aryl methyl sites for hydroxylation is 1. The Hall–Kier alpha value is -2.40. The number of likely N-dealkylation sites (N-methyl/N-ethyl adjacent to an activating group) is 1. The van der Waals surface area contributed by atoms with Crippen LogP contribution in [0.5, 0.6) is 0 Å². The molecule has 0 saturated heterocycles. The van der Waals surface area contributed by atoms with Crippen LogP contribution in [0.1, 0.15) is 28.3 Å². The van der Waals surface area contributed by atoms with Gasteiger partial charge < -0.3 is 9.88 Å². The number of hydrogen-bond donors (Lipinski definition) is 1. The van der Waals surface area contributed by atoms with Crippen LogP contribution in [0.2, 0.25) is 0 Å². The monoisotopic (exact) mass is 325 g/mol. The number of nitrogens with one attached hydrogen (secondary N) is 1. The zero-order chi connectivity index (χ0) is 17.3. The van der Waals surface area contributed by atoms with Crippen LogP contribution in [-0.4, -0.2) is 41.3 Å². The lowest BCUT2D eigenvalue weighted by Crippen LogP contribution is -2.43. The SMILES string of the molecule is Cc1ccccc1C(C(=O)N1CCc2cc(=O)[nH]cc2C1)N(C)C. The lowest BCUT2D eigenvalue weighted by molar-refractivity contribution is -0.137. The van der Waals surface area contributed by atoms with E-state index in [2.05, 4.69) is 4.98 Å². The minimum Gasteiger partial charge on any atom is -0.336 e. The molecule has 2 aromatic rings. The number of hydrogen-bond acceptors (Lipinski definition) is 3. The second-order valence-corrected chi connectivity index (χ2v) is 6.58. The number of pyridine rings is 1. The normalized spacial score (nSPS) is 15.2. The highest BCUT2D eigenvalue weighted by atomic mass is 16.2. The molecule has 0 radical (unpaired) electrons. The van der Waals surface area contributed by atoms with Crippen LogP contribution < -0.4 is 5.56 Å². The molecule has 0 bridgehead atoms. The van der Waals surface area contributed by atoms with E-state index in [1.165, 1.54) is 0 Å². The third kappa shape index (κ3) is 3.12. The number of benzene rings is 1. The highest BCUT2D eigenvalue weighted by Crippen LogP contribution is 2.26. The van der Waals surface area contributed by atoms with E-state index in [9.17, 15) is 9.59 Å². The van der Waals surface area contributed by atoms with Crippen LogP contribution in [0.15, 0.2) is 41.3 Å². The highest BCUT2D eigenvalue weighted by molar-refractivity contribution is 5.84. The van der Waals surface area contributed by atoms with Crippen molar-refractivity contribution in [2.75, 3.05) is 20.6 Å². The minimum absolute atomic E-state index is 0.0837. The van der Waals surface area contributed by atoms with E-state index in [1.54, 1.807) is 12.3 Å². The summed E-state index contributed by atoms with van der Waals surface area (Å²) in [6.45, 7) is 3.22. The quantitative estimate of drug-likeness (QED) is 0.937. The highest BCUT2D eigenvalue weighted by Gasteiger charge is 2.30. The summed E-state index contributed by atoms with van der Waals surface area (Å²) in [4.78, 5) is 31.2. The van der Waals surface area contributed by atoms with Crippen LogP contribution in [-0.2, 0) is 17.8 Å². The number of aromatic amines is 1. The van der Waals surface area contributed by atoms with Crippen LogP contribution in [0.25, 0.3) is 0 Å². The number of nitrogens with zero attached hydrogens (tertiary/aromatic N) is 2. The Labute approximate surface area is 141 Å². The molecule has 1 aliphatic rings. The van der Waals surface area contributed by atoms with Gasteiger partial charge >= 0.3 is 0 Å². The summed E-state index contributed by atoms with van der Waals surface area (Å²) in [6, 6.07) is 9.37. The largest absolute Gasteiger partial charge is 0.336 e. The van der Waals surface area contributed by atoms with Crippen LogP contribution in [0.3, 0.4) is 0 Å². The van der Waals surface area contributed by atoms with Gasteiger partial charge in [0, 0.05) is 25.4 Å². The second-order valence-electron chi connectivity index (χ2n) is 6.58. The average molecular weight is 325 g/mol. The van der Waals surface area contributed by atoms with Crippen molar-refractivity contribution in [3.8, 4) is 0 Å². The second kappa shape index (κ2) is 6.61. The molecule has 1 atom stereocenters. The van der Waals surface area contributed by atoms with E-state index in [4.69, 9.17) is 0 Å². The number of rotatable bonds is 3. The molecule has 1 aliphatic heterocycles. The van der Waals surface area contributed by atoms with Crippen molar-refractivity contribution in [2.45, 2.75) is 25.9 Å². The first kappa shape index (κ1) is 16.5. The molecule has 5 nitrogen and oxygen atoms in total. The van der Waals surface area contributed by atoms with E-state index >= 15 is 0 Å². The number of carbonyl (C=O) groups is 1. The molecule has 1 N–H and O–H groups in total. The molecule has 0 fully saturated rings. The third-order valence-electron chi connectivity index (χ3n) is 4.66. The lowest BCUT2D eigenvalue weighted by atomic mass is 9.97. The fourth-order valence-electron chi connectivity index (χ4n) is 3.35. The summed E-state index contributed by atoms with van der Waals surface area (Å²) in [5.74, 6) is 0.103. The van der Waals surface area contributed by atoms with E-state index in [0.29, 0.717) is 13.1 Å². The zero-order valence-corrected chi connectivity index (χ0v) is 14.4. The Morgan fingerprint density at radius 2 is 2.00 bits per heavy atom. The minimum atomic E-state index is -0.296. The van der Waals surface area contributed by atoms with Gasteiger partial charge in [-0.25, -0.2) is 0 Å². The smallest absolute Gasteiger partial charge is 0.248 e. The first-order valence-corrected chi connectivity index (χ1v) is 8.18. The lowest BCUT2D eigenvalue weighted by Gasteiger charge is -2.34. The Morgan fingerprint density at radius 3 is 2.71 bits per heavy atom. The molecule has 0 saturated carbocycles. The summed E-state index contributed by atoms with van der Waals surface area (Å²) in [6.07, 6.45) is 2.45. The maximum absolute atomic E-state index is 13.2. The molecular weight excluding hydrogens is 302 g/mol. The van der Waals surface area contributed by atoms with Crippen molar-refractivity contribution in [2.24, 2.45) is 0 Å². The van der Waals surface area contributed by atoms with Crippen molar-refractivity contribution in [1.82, 2.24) is 14.8 Å². The van der Waals surface area contributed by atoms with Gasteiger partial charge in [0.2, 0.25) is 11.5 Å². The summed E-state index contributed by atoms with van der Waals surface area (Å²) in [5.41, 5.74) is 4.14. The molecule has 0 aliphatic carbocycles. The number of aromatic nitrogens is 1. The van der Waals surface area contributed by atoms with Gasteiger partial charge in [0.25, 0.3) is 0 Å². The predicted octanol–water partition coefficient (Wildman–Crippen LogP) is 1.87. The maximum atomic E-state index is 13.2. The Balaban J connectivity index is 1.88. The van der Waals surface area contributed by atoms with Crippen molar-refractivity contribution in [3.05, 3.63) is 69.1 Å². The molecule has 126 valence electrons. The summed E-state index contributed by atoms with van der Waals surface area (Å²) in [7, 11) is 3.87. The van der Waals surface area contributed by atoms with Crippen molar-refractivity contribution >= 4 is 5.91 Å². The van der Waals surface area contributed by atoms with Gasteiger partial charge in [-0.3, -0.25) is 14.5 Å². The van der Waals surface area contributed by atoms with Gasteiger partial charge in [-0.05, 0) is 49.7 Å². The molecular formula is C19H23N3O2. The molecule has 1 aromatic heterocycles. The number of H-pyrrole nitrogens is 1. The third-order valence-corrected chi connectivity index (χ3v) is 4.66. The van der Waals surface area contributed by atoms with Gasteiger partial charge in [-0.1, -0.05) is 24.3 Å². The van der Waals surface area contributed by atoms with Gasteiger partial charge in [-0.15, -0.1) is 0 Å². The van der Waals surface area contributed by atoms with Crippen LogP contribution in [0, 0.1) is 6.92 Å². The van der Waals surface area contributed by atoms with Crippen molar-refractivity contribution in [3.63, 3.8) is 0 Å². The van der Waals surface area contributed by atoms with Gasteiger partial charge in [0.15, 0.2) is 0 Å². The van der Waals surface area contributed by atoms with Crippen molar-refractivity contribution < 1.29 is 4.79 Å². The molecule has 0 spiro atoms. The average Bonchev–Trinajstić information content (AvgIpc) is 2.56. The fraction of sp³-hybridized carbons (Fsp3) is 0.368. The molecule has 2 heterocycles. The van der Waals surface area contributed by atoms with E-state index in [1.807, 2.05) is 55.1 Å². The van der Waals surface area contributed by atoms with Gasteiger partial charge in [-0.2, -0.15) is 0 Å². The summed E-state index contributed by atoms with van der Waals surface area (Å²) in [5, 5.41) is 0. The number of fused-ring (bicyclic) bond motifs is 1. The molecule has 3 rings (SSSR count). The Bertz CT molecular complexity index is 810. The summed E-state index contributed by atoms with van der Waals surface area (Å²) < 4.78 is 0. The molecule has 1 amide bonds. The molecule has 5 heteroatoms. The van der Waals surface area contributed by atoms with E-state index < -0.39 is 0 Å². The van der Waals surface area contributed by atoms with Gasteiger partial charge in [0.05, 0.1) is 0 Å². The predicted molar refractivity (Wildman–Crippen MR) is 93.8 cm³/mol. The standard InChI is InChI=1S/C19H23N3O2/c1-13-6-4-5-7-16(13)18(21(2)3)19(24)22-9-8-14-10-17(23)20-11-15(14)12-22/h4-7,10-11,18H,8-9,12H2,1-3H3,(H,20,23). The maximum Gasteiger partial charge on any atom is 0.248 e. The molecule has 1 aromatic carbocycles. The zero-order valence-electron chi connectivity index (χ0n) is 14.4. The van der Waals surface area contributed by atoms with Crippen LogP contribution >= 0.6 is 0 Å². The first-order valence-electron chi connectivity index (χ1n) is 8.18. The van der Waals surface area contributed by atoms with Crippen molar-refractivity contribution in [1.29, 1.82) is 0 Å². The molecule has 24 heavy (non-hydrogen) atoms. The molecule has 1 unspecified atom stereocenters. The Kier molecular flexibility index (Phi) is 4.53. The fourth-order valence-corrected chi connectivity index (χ4v) is 3.35. The van der Waals surface area contributed by atoms with Crippen LogP contribution in [0.4, 0.5) is 0 Å². The van der Waals surface area contributed by atoms with E-state index in [-0.39, 0.29) is 17.5 Å². The Morgan fingerprint density at radius 1 is 1.25 bits per heavy atom. The first-order chi connectivity index (χ1) is 11.5.